The molecule has 1 aliphatic carbocycles. The van der Waals surface area contributed by atoms with Gasteiger partial charge in [0.25, 0.3) is 5.91 Å². The number of aromatic amines is 1. The smallest absolute Gasteiger partial charge is 0.387 e. The van der Waals surface area contributed by atoms with Crippen LogP contribution in [0.15, 0.2) is 81.1 Å². The monoisotopic (exact) mass is 955 g/mol. The van der Waals surface area contributed by atoms with Gasteiger partial charge in [-0.25, -0.2) is 18.7 Å². The normalized spacial score (nSPS) is 22.9. The Morgan fingerprint density at radius 2 is 1.70 bits per heavy atom. The zero-order valence-corrected chi connectivity index (χ0v) is 41.3. The third-order valence-corrected chi connectivity index (χ3v) is 19.2. The van der Waals surface area contributed by atoms with Crippen LogP contribution in [-0.4, -0.2) is 82.1 Å². The molecule has 0 spiro atoms. The SMILES string of the molecule is CCP(=O)(CC)c1ccc(-n2ccn(-c3c4c(nn3-c3cc(C)c(F)c(C)c3)C[C@H]3CC[C@@H]4N3C(=O)c3cc4cc([C@H]5CCOC(C)(C)C5)ccc4n3[C@@]3(c4noc(=O)[nH]4)C[C@@H]3C)c2=O)cc1NC. The molecule has 1 saturated carbocycles. The number of ether oxygens (including phenoxy) is 1. The highest BCUT2D eigenvalue weighted by molar-refractivity contribution is 7.71. The molecule has 5 atom stereocenters. The maximum atomic E-state index is 15.9. The van der Waals surface area contributed by atoms with Gasteiger partial charge in [0.05, 0.1) is 28.7 Å². The van der Waals surface area contributed by atoms with Crippen LogP contribution in [0.5, 0.6) is 0 Å². The Hall–Kier alpha value is -6.25. The van der Waals surface area contributed by atoms with Gasteiger partial charge in [0.15, 0.2) is 5.82 Å². The highest BCUT2D eigenvalue weighted by Crippen LogP contribution is 2.57. The van der Waals surface area contributed by atoms with E-state index in [1.807, 2.05) is 43.0 Å². The number of hydrogen-bond acceptors (Lipinski definition) is 9. The van der Waals surface area contributed by atoms with E-state index in [9.17, 15) is 14.2 Å². The zero-order valence-electron chi connectivity index (χ0n) is 40.4. The Morgan fingerprint density at radius 3 is 2.36 bits per heavy atom. The largest absolute Gasteiger partial charge is 0.438 e. The van der Waals surface area contributed by atoms with E-state index >= 15 is 9.18 Å². The first kappa shape index (κ1) is 45.2. The molecule has 3 aliphatic heterocycles. The molecule has 7 aromatic rings. The van der Waals surface area contributed by atoms with Crippen LogP contribution in [0.1, 0.15) is 123 Å². The van der Waals surface area contributed by atoms with E-state index in [1.54, 1.807) is 59.2 Å². The predicted molar refractivity (Wildman–Crippen MR) is 263 cm³/mol. The predicted octanol–water partition coefficient (Wildman–Crippen LogP) is 8.63. The summed E-state index contributed by atoms with van der Waals surface area (Å²) in [6.07, 6.45) is 8.66. The molecule has 15 nitrogen and oxygen atoms in total. The molecule has 69 heavy (non-hydrogen) atoms. The minimum atomic E-state index is -2.66. The Morgan fingerprint density at radius 1 is 0.957 bits per heavy atom. The molecule has 3 fully saturated rings. The summed E-state index contributed by atoms with van der Waals surface area (Å²) in [6, 6.07) is 16.8. The Labute approximate surface area is 399 Å². The Balaban J connectivity index is 1.06. The number of aryl methyl sites for hydroxylation is 2. The van der Waals surface area contributed by atoms with Gasteiger partial charge in [0.1, 0.15) is 30.0 Å². The number of halogens is 1. The number of aromatic nitrogens is 7. The second-order valence-electron chi connectivity index (χ2n) is 20.4. The molecule has 7 heterocycles. The van der Waals surface area contributed by atoms with E-state index in [4.69, 9.17) is 14.4 Å². The molecule has 3 aromatic carbocycles. The van der Waals surface area contributed by atoms with Gasteiger partial charge in [-0.05, 0) is 137 Å². The number of anilines is 1. The summed E-state index contributed by atoms with van der Waals surface area (Å²) in [4.78, 5) is 48.2. The molecular weight excluding hydrogens is 897 g/mol. The van der Waals surface area contributed by atoms with Gasteiger partial charge >= 0.3 is 11.4 Å². The van der Waals surface area contributed by atoms with Crippen molar-refractivity contribution < 1.29 is 23.0 Å². The first-order valence-corrected chi connectivity index (χ1v) is 26.4. The molecule has 4 aromatic heterocycles. The lowest BCUT2D eigenvalue weighted by atomic mass is 9.83. The van der Waals surface area contributed by atoms with Gasteiger partial charge < -0.3 is 24.1 Å². The highest BCUT2D eigenvalue weighted by atomic mass is 31.2. The fourth-order valence-corrected chi connectivity index (χ4v) is 14.2. The van der Waals surface area contributed by atoms with E-state index in [2.05, 4.69) is 59.0 Å². The summed E-state index contributed by atoms with van der Waals surface area (Å²) < 4.78 is 47.3. The number of fused-ring (bicyclic) bond motifs is 5. The molecule has 1 amide bonds. The zero-order chi connectivity index (χ0) is 48.5. The van der Waals surface area contributed by atoms with Crippen molar-refractivity contribution in [2.75, 3.05) is 31.3 Å². The molecule has 17 heteroatoms. The van der Waals surface area contributed by atoms with Gasteiger partial charge in [0, 0.05) is 78.3 Å². The van der Waals surface area contributed by atoms with Crippen molar-refractivity contribution in [3.8, 4) is 17.2 Å². The number of nitrogens with zero attached hydrogens (tertiary/aromatic N) is 7. The fraction of sp³-hybridized carbons (Fsp3) is 0.442. The molecule has 0 unspecified atom stereocenters. The van der Waals surface area contributed by atoms with E-state index in [0.29, 0.717) is 83.7 Å². The summed E-state index contributed by atoms with van der Waals surface area (Å²) >= 11 is 0. The number of hydrogen-bond donors (Lipinski definition) is 2. The lowest BCUT2D eigenvalue weighted by Gasteiger charge is -2.36. The maximum Gasteiger partial charge on any atom is 0.438 e. The molecule has 2 saturated heterocycles. The fourth-order valence-electron chi connectivity index (χ4n) is 12.1. The first-order chi connectivity index (χ1) is 33.0. The molecule has 360 valence electrons. The number of nitrogens with one attached hydrogen (secondary N) is 2. The summed E-state index contributed by atoms with van der Waals surface area (Å²) in [5.41, 5.74) is 5.36. The molecule has 4 aliphatic rings. The molecule has 2 bridgehead atoms. The molecule has 0 radical (unpaired) electrons. The van der Waals surface area contributed by atoms with Crippen LogP contribution in [0.3, 0.4) is 0 Å². The van der Waals surface area contributed by atoms with Crippen molar-refractivity contribution in [3.05, 3.63) is 133 Å². The van der Waals surface area contributed by atoms with Gasteiger partial charge in [0.2, 0.25) is 0 Å². The summed E-state index contributed by atoms with van der Waals surface area (Å²) in [6.45, 7) is 14.3. The number of carbonyl (C=O) groups is 1. The van der Waals surface area contributed by atoms with Crippen molar-refractivity contribution in [3.63, 3.8) is 0 Å². The van der Waals surface area contributed by atoms with E-state index < -0.39 is 24.5 Å². The van der Waals surface area contributed by atoms with Crippen molar-refractivity contribution in [1.82, 2.24) is 38.5 Å². The van der Waals surface area contributed by atoms with Gasteiger partial charge in [-0.3, -0.25) is 23.4 Å². The summed E-state index contributed by atoms with van der Waals surface area (Å²) in [5, 5.41) is 14.3. The molecule has 11 rings (SSSR count). The van der Waals surface area contributed by atoms with Crippen LogP contribution in [0.2, 0.25) is 0 Å². The lowest BCUT2D eigenvalue weighted by Crippen LogP contribution is -2.43. The first-order valence-electron chi connectivity index (χ1n) is 24.3. The third kappa shape index (κ3) is 6.98. The average Bonchev–Trinajstić information content (AvgIpc) is 3.94. The second-order valence-corrected chi connectivity index (χ2v) is 23.9. The van der Waals surface area contributed by atoms with E-state index in [-0.39, 0.29) is 40.9 Å². The topological polar surface area (TPSA) is 167 Å². The Kier molecular flexibility index (Phi) is 10.6. The van der Waals surface area contributed by atoms with Crippen molar-refractivity contribution in [2.24, 2.45) is 5.92 Å². The van der Waals surface area contributed by atoms with Gasteiger partial charge in [-0.2, -0.15) is 5.10 Å². The minimum absolute atomic E-state index is 0.0209. The van der Waals surface area contributed by atoms with Gasteiger partial charge in [-0.15, -0.1) is 0 Å². The molecular formula is C52H59FN9O6P. The standard InChI is InChI=1S/C52H59FN9O6P/c1-9-69(66,10-2)43-16-13-35(25-38(43)54-8)58-18-19-59(50(58)65)46-44-39(56-62(46)37-21-29(3)45(53)30(4)22-37)26-36-12-15-41(44)60(36)47(63)42-24-34-23-32(33-17-20-67-51(6,7)28-33)11-14-40(34)61(42)52(27-31(52)5)48-55-49(64)68-57-48/h11,13-14,16,18-19,21-25,31,33,36,41,54H,9-10,12,15,17,20,26-28H2,1-8H3,(H,55,57,64)/t31-,33-,36+,41-,52-/m0/s1. The summed E-state index contributed by atoms with van der Waals surface area (Å²) in [5.74, 6) is 0.0218. The molecule has 2 N–H and O–H groups in total. The van der Waals surface area contributed by atoms with E-state index in [1.165, 1.54) is 5.56 Å². The number of carbonyl (C=O) groups excluding carboxylic acids is 1. The van der Waals surface area contributed by atoms with E-state index in [0.717, 1.165) is 46.7 Å². The Bertz CT molecular complexity index is 3380. The van der Waals surface area contributed by atoms with Crippen LogP contribution in [0, 0.1) is 25.6 Å². The van der Waals surface area contributed by atoms with Crippen molar-refractivity contribution in [2.45, 2.75) is 116 Å². The van der Waals surface area contributed by atoms with Crippen LogP contribution in [0.25, 0.3) is 28.1 Å². The lowest BCUT2D eigenvalue weighted by molar-refractivity contribution is -0.0592. The minimum Gasteiger partial charge on any atom is -0.387 e. The highest BCUT2D eigenvalue weighted by Gasteiger charge is 2.59. The number of rotatable bonds is 11. The maximum absolute atomic E-state index is 15.9. The van der Waals surface area contributed by atoms with Crippen LogP contribution < -0.4 is 22.1 Å². The van der Waals surface area contributed by atoms with Crippen LogP contribution in [0.4, 0.5) is 10.1 Å². The van der Waals surface area contributed by atoms with Crippen molar-refractivity contribution >= 4 is 34.9 Å². The second kappa shape index (κ2) is 16.2. The van der Waals surface area contributed by atoms with Gasteiger partial charge in [-0.1, -0.05) is 32.0 Å². The quantitative estimate of drug-likeness (QED) is 0.121. The number of benzene rings is 3. The average molecular weight is 956 g/mol. The third-order valence-electron chi connectivity index (χ3n) is 15.9. The number of amides is 1. The number of imidazole rings is 1. The number of H-pyrrole nitrogens is 1. The van der Waals surface area contributed by atoms with Crippen LogP contribution >= 0.6 is 7.14 Å². The van der Waals surface area contributed by atoms with Crippen LogP contribution in [-0.2, 0) is 21.3 Å². The van der Waals surface area contributed by atoms with Crippen molar-refractivity contribution in [1.29, 1.82) is 0 Å². The summed E-state index contributed by atoms with van der Waals surface area (Å²) in [7, 11) is -0.867.